The van der Waals surface area contributed by atoms with E-state index in [1.807, 2.05) is 7.05 Å². The van der Waals surface area contributed by atoms with E-state index >= 15 is 0 Å². The number of benzene rings is 1. The van der Waals surface area contributed by atoms with E-state index in [9.17, 15) is 8.42 Å². The lowest BCUT2D eigenvalue weighted by molar-refractivity contribution is 0.298. The quantitative estimate of drug-likeness (QED) is 0.576. The Hall–Kier alpha value is -1.94. The van der Waals surface area contributed by atoms with Gasteiger partial charge in [-0.15, -0.1) is 0 Å². The molecule has 9 heteroatoms. The first kappa shape index (κ1) is 17.9. The van der Waals surface area contributed by atoms with Crippen molar-refractivity contribution in [1.29, 1.82) is 0 Å². The van der Waals surface area contributed by atoms with Gasteiger partial charge < -0.3 is 16.4 Å². The first-order chi connectivity index (χ1) is 11.8. The van der Waals surface area contributed by atoms with Crippen LogP contribution < -0.4 is 22.1 Å². The summed E-state index contributed by atoms with van der Waals surface area (Å²) in [4.78, 5) is 4.45. The van der Waals surface area contributed by atoms with Gasteiger partial charge in [0.2, 0.25) is 15.8 Å². The number of amidine groups is 1. The molecule has 1 saturated heterocycles. The van der Waals surface area contributed by atoms with Gasteiger partial charge in [-0.2, -0.15) is 4.31 Å². The van der Waals surface area contributed by atoms with Crippen LogP contribution in [-0.4, -0.2) is 44.7 Å². The molecule has 2 aliphatic rings. The first-order valence-corrected chi connectivity index (χ1v) is 9.65. The highest BCUT2D eigenvalue weighted by molar-refractivity contribution is 7.89. The Labute approximate surface area is 148 Å². The Kier molecular flexibility index (Phi) is 4.83. The minimum Gasteiger partial charge on any atom is -0.384 e. The highest BCUT2D eigenvalue weighted by Gasteiger charge is 2.31. The summed E-state index contributed by atoms with van der Waals surface area (Å²) in [5, 5.41) is 6.13. The number of aliphatic imine (C=N–C) groups is 1. The smallest absolute Gasteiger partial charge is 0.243 e. The average molecular weight is 364 g/mol. The van der Waals surface area contributed by atoms with Gasteiger partial charge in [-0.25, -0.2) is 13.4 Å². The molecule has 0 spiro atoms. The van der Waals surface area contributed by atoms with Gasteiger partial charge in [0.25, 0.3) is 0 Å². The summed E-state index contributed by atoms with van der Waals surface area (Å²) in [5.74, 6) is -0.878. The van der Waals surface area contributed by atoms with Crippen molar-refractivity contribution in [3.63, 3.8) is 0 Å². The summed E-state index contributed by atoms with van der Waals surface area (Å²) in [7, 11) is -1.60. The van der Waals surface area contributed by atoms with Gasteiger partial charge in [0.1, 0.15) is 5.84 Å². The molecule has 1 aromatic rings. The van der Waals surface area contributed by atoms with E-state index in [0.29, 0.717) is 30.5 Å². The molecule has 8 nitrogen and oxygen atoms in total. The van der Waals surface area contributed by atoms with Crippen molar-refractivity contribution in [3.05, 3.63) is 42.1 Å². The lowest BCUT2D eigenvalue weighted by Gasteiger charge is -2.31. The maximum absolute atomic E-state index is 12.8. The van der Waals surface area contributed by atoms with Gasteiger partial charge in [-0.3, -0.25) is 5.73 Å². The summed E-state index contributed by atoms with van der Waals surface area (Å²) in [6, 6.07) is 6.83. The molecule has 136 valence electrons. The maximum Gasteiger partial charge on any atom is 0.243 e. The second-order valence-electron chi connectivity index (χ2n) is 6.27. The zero-order valence-electron chi connectivity index (χ0n) is 14.1. The van der Waals surface area contributed by atoms with Crippen LogP contribution in [0.15, 0.2) is 46.4 Å². The van der Waals surface area contributed by atoms with Crippen molar-refractivity contribution in [2.75, 3.05) is 20.1 Å². The maximum atomic E-state index is 12.8. The summed E-state index contributed by atoms with van der Waals surface area (Å²) >= 11 is 0. The minimum absolute atomic E-state index is 0.256. The summed E-state index contributed by atoms with van der Waals surface area (Å²) in [5.41, 5.74) is 12.5. The molecule has 0 aliphatic carbocycles. The van der Waals surface area contributed by atoms with Gasteiger partial charge in [-0.05, 0) is 38.1 Å². The molecule has 0 bridgehead atoms. The molecule has 1 unspecified atom stereocenters. The van der Waals surface area contributed by atoms with Crippen LogP contribution in [0.25, 0.3) is 0 Å². The number of hydrogen-bond acceptors (Lipinski definition) is 7. The largest absolute Gasteiger partial charge is 0.384 e. The molecule has 0 radical (unpaired) electrons. The molecule has 1 atom stereocenters. The van der Waals surface area contributed by atoms with Gasteiger partial charge in [-0.1, -0.05) is 12.1 Å². The fraction of sp³-hybridized carbons (Fsp3) is 0.438. The van der Waals surface area contributed by atoms with Crippen LogP contribution in [0.3, 0.4) is 0 Å². The topological polar surface area (TPSA) is 126 Å². The lowest BCUT2D eigenvalue weighted by atomic mass is 10.1. The zero-order chi connectivity index (χ0) is 18.1. The number of sulfonamides is 1. The number of nitrogens with zero attached hydrogens (tertiary/aromatic N) is 2. The van der Waals surface area contributed by atoms with Crippen molar-refractivity contribution in [2.24, 2.45) is 16.5 Å². The number of piperidine rings is 1. The third-order valence-corrected chi connectivity index (χ3v) is 6.57. The lowest BCUT2D eigenvalue weighted by Crippen LogP contribution is -2.49. The molecule has 0 aromatic heterocycles. The number of rotatable bonds is 4. The second kappa shape index (κ2) is 6.75. The highest BCUT2D eigenvalue weighted by Crippen LogP contribution is 2.24. The minimum atomic E-state index is -3.50. The number of nitrogens with one attached hydrogen (secondary N) is 2. The molecule has 1 fully saturated rings. The van der Waals surface area contributed by atoms with E-state index in [1.54, 1.807) is 36.5 Å². The predicted octanol–water partition coefficient (Wildman–Crippen LogP) is -0.398. The SMILES string of the molecule is CNC1CCN(S(=O)(=O)c2ccc(C3(N)N=C(N)C=CN3)cc2)CC1. The summed E-state index contributed by atoms with van der Waals surface area (Å²) in [6.45, 7) is 1.03. The Morgan fingerprint density at radius 3 is 2.48 bits per heavy atom. The molecular weight excluding hydrogens is 340 g/mol. The van der Waals surface area contributed by atoms with Crippen molar-refractivity contribution in [1.82, 2.24) is 14.9 Å². The molecule has 6 N–H and O–H groups in total. The Morgan fingerprint density at radius 2 is 1.92 bits per heavy atom. The Morgan fingerprint density at radius 1 is 1.28 bits per heavy atom. The molecule has 0 amide bonds. The van der Waals surface area contributed by atoms with Crippen molar-refractivity contribution >= 4 is 15.9 Å². The third-order valence-electron chi connectivity index (χ3n) is 4.66. The van der Waals surface area contributed by atoms with Gasteiger partial charge in [0.05, 0.1) is 4.90 Å². The molecule has 2 aliphatic heterocycles. The first-order valence-electron chi connectivity index (χ1n) is 8.21. The van der Waals surface area contributed by atoms with Crippen LogP contribution in [0, 0.1) is 0 Å². The van der Waals surface area contributed by atoms with Gasteiger partial charge in [0, 0.05) is 30.9 Å². The van der Waals surface area contributed by atoms with Crippen LogP contribution >= 0.6 is 0 Å². The normalized spacial score (nSPS) is 25.4. The standard InChI is InChI=1S/C16H24N6O2S/c1-19-13-7-10-22(11-8-13)25(23,24)14-4-2-12(3-5-14)16(18)20-9-6-15(17)21-16/h2-6,9,13,19-20H,7-8,10-11,18H2,1H3,(H2,17,21). The molecule has 25 heavy (non-hydrogen) atoms. The van der Waals surface area contributed by atoms with Crippen molar-refractivity contribution in [3.8, 4) is 0 Å². The van der Waals surface area contributed by atoms with Crippen LogP contribution in [0.2, 0.25) is 0 Å². The highest BCUT2D eigenvalue weighted by atomic mass is 32.2. The number of hydrogen-bond donors (Lipinski definition) is 4. The summed E-state index contributed by atoms with van der Waals surface area (Å²) < 4.78 is 27.1. The van der Waals surface area contributed by atoms with E-state index in [0.717, 1.165) is 12.8 Å². The molecular formula is C16H24N6O2S. The van der Waals surface area contributed by atoms with Crippen LogP contribution in [-0.2, 0) is 15.8 Å². The van der Waals surface area contributed by atoms with Crippen LogP contribution in [0.4, 0.5) is 0 Å². The number of nitrogens with two attached hydrogens (primary N) is 2. The van der Waals surface area contributed by atoms with E-state index in [2.05, 4.69) is 15.6 Å². The van der Waals surface area contributed by atoms with E-state index in [-0.39, 0.29) is 4.90 Å². The fourth-order valence-electron chi connectivity index (χ4n) is 3.09. The Bertz CT molecular complexity index is 781. The van der Waals surface area contributed by atoms with E-state index in [1.165, 1.54) is 4.31 Å². The zero-order valence-corrected chi connectivity index (χ0v) is 15.0. The molecule has 3 rings (SSSR count). The average Bonchev–Trinajstić information content (AvgIpc) is 2.62. The van der Waals surface area contributed by atoms with Gasteiger partial charge >= 0.3 is 0 Å². The summed E-state index contributed by atoms with van der Waals surface area (Å²) in [6.07, 6.45) is 4.85. The molecule has 0 saturated carbocycles. The van der Waals surface area contributed by atoms with Crippen molar-refractivity contribution < 1.29 is 8.42 Å². The Balaban J connectivity index is 1.79. The monoisotopic (exact) mass is 364 g/mol. The fourth-order valence-corrected chi connectivity index (χ4v) is 4.56. The van der Waals surface area contributed by atoms with Crippen molar-refractivity contribution in [2.45, 2.75) is 29.6 Å². The molecule has 1 aromatic carbocycles. The molecule has 2 heterocycles. The van der Waals surface area contributed by atoms with Crippen LogP contribution in [0.5, 0.6) is 0 Å². The van der Waals surface area contributed by atoms with Crippen LogP contribution in [0.1, 0.15) is 18.4 Å². The van der Waals surface area contributed by atoms with E-state index < -0.39 is 15.8 Å². The third kappa shape index (κ3) is 3.54. The predicted molar refractivity (Wildman–Crippen MR) is 97.0 cm³/mol. The second-order valence-corrected chi connectivity index (χ2v) is 8.21. The van der Waals surface area contributed by atoms with Gasteiger partial charge in [0.15, 0.2) is 0 Å². The van der Waals surface area contributed by atoms with E-state index in [4.69, 9.17) is 11.5 Å².